The van der Waals surface area contributed by atoms with Crippen LogP contribution in [-0.2, 0) is 14.3 Å². The third kappa shape index (κ3) is 5.15. The van der Waals surface area contributed by atoms with Crippen molar-refractivity contribution in [3.8, 4) is 0 Å². The molecular weight excluding hydrogens is 410 g/mol. The van der Waals surface area contributed by atoms with Gasteiger partial charge in [0.05, 0.1) is 5.92 Å². The second-order valence-electron chi connectivity index (χ2n) is 5.67. The van der Waals surface area contributed by atoms with E-state index in [-0.39, 0.29) is 6.42 Å². The fourth-order valence-corrected chi connectivity index (χ4v) is 1.49. The third-order valence-electron chi connectivity index (χ3n) is 3.50. The Morgan fingerprint density at radius 1 is 1.00 bits per heavy atom. The molecule has 14 heteroatoms. The molecule has 0 aliphatic rings. The number of halogens is 10. The van der Waals surface area contributed by atoms with Gasteiger partial charge >= 0.3 is 35.9 Å². The molecule has 0 amide bonds. The van der Waals surface area contributed by atoms with Crippen LogP contribution in [0.25, 0.3) is 0 Å². The summed E-state index contributed by atoms with van der Waals surface area (Å²) < 4.78 is 137. The maximum atomic E-state index is 14.1. The van der Waals surface area contributed by atoms with Crippen molar-refractivity contribution < 1.29 is 63.3 Å². The van der Waals surface area contributed by atoms with Gasteiger partial charge in [-0.05, 0) is 6.42 Å². The van der Waals surface area contributed by atoms with E-state index >= 15 is 0 Å². The first-order valence-corrected chi connectivity index (χ1v) is 7.17. The lowest BCUT2D eigenvalue weighted by molar-refractivity contribution is -0.496. The second-order valence-corrected chi connectivity index (χ2v) is 5.67. The zero-order chi connectivity index (χ0) is 22.1. The number of aliphatic hydroxyl groups is 1. The Bertz CT molecular complexity index is 516. The van der Waals surface area contributed by atoms with Crippen LogP contribution in [0.2, 0.25) is 0 Å². The number of rotatable bonds is 8. The summed E-state index contributed by atoms with van der Waals surface area (Å²) in [7, 11) is 0. The number of carbonyl (C=O) groups excluding carboxylic acids is 1. The number of hydrogen-bond acceptors (Lipinski definition) is 4. The average molecular weight is 426 g/mol. The van der Waals surface area contributed by atoms with E-state index in [0.29, 0.717) is 0 Å². The lowest BCUT2D eigenvalue weighted by Gasteiger charge is -2.42. The Morgan fingerprint density at radius 2 is 1.44 bits per heavy atom. The van der Waals surface area contributed by atoms with Crippen LogP contribution in [0.4, 0.5) is 43.9 Å². The van der Waals surface area contributed by atoms with Crippen molar-refractivity contribution in [2.75, 3.05) is 6.67 Å². The maximum Gasteiger partial charge on any atom is 0.449 e. The minimum atomic E-state index is -6.74. The minimum absolute atomic E-state index is 0.0694. The Labute approximate surface area is 146 Å². The fraction of sp³-hybridized carbons (Fsp3) is 0.923. The van der Waals surface area contributed by atoms with Crippen LogP contribution in [0.3, 0.4) is 0 Å². The predicted molar refractivity (Wildman–Crippen MR) is 67.9 cm³/mol. The molecule has 0 heterocycles. The summed E-state index contributed by atoms with van der Waals surface area (Å²) >= 11 is 0. The van der Waals surface area contributed by atoms with Gasteiger partial charge < -0.3 is 9.84 Å². The first-order valence-electron chi connectivity index (χ1n) is 7.17. The molecule has 0 aliphatic carbocycles. The van der Waals surface area contributed by atoms with Gasteiger partial charge in [0.1, 0.15) is 6.67 Å². The Balaban J connectivity index is 6.13. The zero-order valence-corrected chi connectivity index (χ0v) is 14.0. The number of ether oxygens (including phenoxy) is 2. The summed E-state index contributed by atoms with van der Waals surface area (Å²) in [6.45, 7) is -0.854. The number of carbonyl (C=O) groups is 1. The molecule has 4 atom stereocenters. The maximum absolute atomic E-state index is 14.1. The van der Waals surface area contributed by atoms with Crippen molar-refractivity contribution in [2.45, 2.75) is 63.2 Å². The van der Waals surface area contributed by atoms with Gasteiger partial charge in [-0.15, -0.1) is 0 Å². The molecule has 0 saturated heterocycles. The average Bonchev–Trinajstić information content (AvgIpc) is 2.48. The van der Waals surface area contributed by atoms with Crippen LogP contribution < -0.4 is 0 Å². The fourth-order valence-electron chi connectivity index (χ4n) is 1.49. The van der Waals surface area contributed by atoms with Crippen molar-refractivity contribution in [3.05, 3.63) is 0 Å². The lowest BCUT2D eigenvalue weighted by Crippen LogP contribution is -2.69. The monoisotopic (exact) mass is 426 g/mol. The standard InChI is InChI=1S/C13H16F10O4/c1-4-6(2)8(24)26-7(5-14)10(16,17)11(25,13(21,22)23)27-9(3,15)12(18,19)20/h6-7,25H,4-5H2,1-3H3. The van der Waals surface area contributed by atoms with Gasteiger partial charge in [0.15, 0.2) is 6.10 Å². The molecule has 0 bridgehead atoms. The molecular formula is C13H16F10O4. The summed E-state index contributed by atoms with van der Waals surface area (Å²) in [4.78, 5) is 11.4. The van der Waals surface area contributed by atoms with Gasteiger partial charge in [-0.1, -0.05) is 13.8 Å². The first kappa shape index (κ1) is 25.7. The van der Waals surface area contributed by atoms with Crippen molar-refractivity contribution in [2.24, 2.45) is 5.92 Å². The van der Waals surface area contributed by atoms with Crippen molar-refractivity contribution in [1.82, 2.24) is 0 Å². The molecule has 0 fully saturated rings. The molecule has 0 aromatic heterocycles. The van der Waals surface area contributed by atoms with Crippen molar-refractivity contribution in [1.29, 1.82) is 0 Å². The van der Waals surface area contributed by atoms with Gasteiger partial charge in [-0.3, -0.25) is 9.53 Å². The van der Waals surface area contributed by atoms with Gasteiger partial charge in [-0.2, -0.15) is 35.1 Å². The molecule has 0 aliphatic heterocycles. The van der Waals surface area contributed by atoms with Crippen molar-refractivity contribution in [3.63, 3.8) is 0 Å². The van der Waals surface area contributed by atoms with E-state index in [2.05, 4.69) is 9.47 Å². The molecule has 0 radical (unpaired) electrons. The van der Waals surface area contributed by atoms with Crippen LogP contribution in [-0.4, -0.2) is 53.8 Å². The molecule has 27 heavy (non-hydrogen) atoms. The van der Waals surface area contributed by atoms with Crippen LogP contribution in [0.1, 0.15) is 27.2 Å². The van der Waals surface area contributed by atoms with Crippen LogP contribution in [0.15, 0.2) is 0 Å². The smallest absolute Gasteiger partial charge is 0.449 e. The summed E-state index contributed by atoms with van der Waals surface area (Å²) in [6, 6.07) is 0. The van der Waals surface area contributed by atoms with Gasteiger partial charge in [0, 0.05) is 6.92 Å². The normalized spacial score (nSPS) is 20.4. The molecule has 0 aromatic rings. The van der Waals surface area contributed by atoms with Crippen LogP contribution in [0.5, 0.6) is 0 Å². The van der Waals surface area contributed by atoms with E-state index in [1.807, 2.05) is 0 Å². The number of alkyl halides is 10. The molecule has 4 unspecified atom stereocenters. The molecule has 0 aromatic carbocycles. The summed E-state index contributed by atoms with van der Waals surface area (Å²) in [5.41, 5.74) is 0. The zero-order valence-electron chi connectivity index (χ0n) is 14.0. The number of hydrogen-bond donors (Lipinski definition) is 1. The number of esters is 1. The predicted octanol–water partition coefficient (Wildman–Crippen LogP) is 4.06. The molecule has 162 valence electrons. The first-order chi connectivity index (χ1) is 11.8. The second kappa shape index (κ2) is 7.97. The largest absolute Gasteiger partial charge is 0.453 e. The topological polar surface area (TPSA) is 55.8 Å². The molecule has 0 saturated carbocycles. The van der Waals surface area contributed by atoms with E-state index in [4.69, 9.17) is 0 Å². The highest BCUT2D eigenvalue weighted by Crippen LogP contribution is 2.50. The Kier molecular flexibility index (Phi) is 7.59. The SMILES string of the molecule is CCC(C)C(=O)OC(CF)C(F)(F)C(O)(OC(C)(F)C(F)(F)F)C(F)(F)F. The van der Waals surface area contributed by atoms with Crippen molar-refractivity contribution >= 4 is 5.97 Å². The highest BCUT2D eigenvalue weighted by Gasteiger charge is 2.78. The van der Waals surface area contributed by atoms with Crippen LogP contribution >= 0.6 is 0 Å². The molecule has 0 spiro atoms. The lowest BCUT2D eigenvalue weighted by atomic mass is 10.0. The van der Waals surface area contributed by atoms with Gasteiger partial charge in [0.25, 0.3) is 0 Å². The molecule has 1 N–H and O–H groups in total. The highest BCUT2D eigenvalue weighted by atomic mass is 19.4. The van der Waals surface area contributed by atoms with Crippen LogP contribution in [0, 0.1) is 5.92 Å². The van der Waals surface area contributed by atoms with Gasteiger partial charge in [0.2, 0.25) is 0 Å². The Morgan fingerprint density at radius 3 is 1.74 bits per heavy atom. The minimum Gasteiger partial charge on any atom is -0.453 e. The van der Waals surface area contributed by atoms with E-state index in [1.54, 1.807) is 0 Å². The van der Waals surface area contributed by atoms with E-state index in [0.717, 1.165) is 6.92 Å². The summed E-state index contributed by atoms with van der Waals surface area (Å²) in [5.74, 6) is -20.5. The molecule has 4 nitrogen and oxygen atoms in total. The Hall–Kier alpha value is -1.31. The summed E-state index contributed by atoms with van der Waals surface area (Å²) in [5, 5.41) is 9.19. The molecule has 0 rings (SSSR count). The third-order valence-corrected chi connectivity index (χ3v) is 3.50. The quantitative estimate of drug-likeness (QED) is 0.361. The van der Waals surface area contributed by atoms with Gasteiger partial charge in [-0.25, -0.2) is 8.78 Å². The highest BCUT2D eigenvalue weighted by molar-refractivity contribution is 5.72. The van der Waals surface area contributed by atoms with E-state index in [9.17, 15) is 53.8 Å². The van der Waals surface area contributed by atoms with E-state index in [1.165, 1.54) is 6.92 Å². The summed E-state index contributed by atoms with van der Waals surface area (Å²) in [6.07, 6.45) is -16.8. The van der Waals surface area contributed by atoms with E-state index < -0.39 is 61.5 Å².